The standard InChI is InChI=1S/C21H22ClFN4O2/c1-2-3-8-24-20(28)16(9-13-4-6-15(23)7-5-13)27-21(29)17-10-14-11-19(22)25-12-18(14)26-17/h4-7,10-12,16,26H,2-3,8-9H2,1H3,(H,24,28)(H,27,29)/t16-/m0/s1. The van der Waals surface area contributed by atoms with Crippen molar-refractivity contribution in [1.82, 2.24) is 20.6 Å². The number of hydrogen-bond donors (Lipinski definition) is 3. The number of benzene rings is 1. The van der Waals surface area contributed by atoms with Gasteiger partial charge in [-0.05, 0) is 36.2 Å². The van der Waals surface area contributed by atoms with Gasteiger partial charge in [0.05, 0.1) is 11.7 Å². The van der Waals surface area contributed by atoms with E-state index in [0.717, 1.165) is 23.8 Å². The van der Waals surface area contributed by atoms with Gasteiger partial charge in [-0.3, -0.25) is 9.59 Å². The van der Waals surface area contributed by atoms with E-state index in [1.807, 2.05) is 6.92 Å². The Morgan fingerprint density at radius 3 is 2.72 bits per heavy atom. The van der Waals surface area contributed by atoms with E-state index in [1.54, 1.807) is 30.5 Å². The number of carbonyl (C=O) groups excluding carboxylic acids is 2. The van der Waals surface area contributed by atoms with Crippen LogP contribution >= 0.6 is 11.6 Å². The molecule has 3 N–H and O–H groups in total. The molecule has 0 fully saturated rings. The van der Waals surface area contributed by atoms with Crippen LogP contribution in [-0.4, -0.2) is 34.4 Å². The molecular formula is C21H22ClFN4O2. The van der Waals surface area contributed by atoms with E-state index < -0.39 is 11.9 Å². The first-order valence-corrected chi connectivity index (χ1v) is 9.81. The smallest absolute Gasteiger partial charge is 0.268 e. The third-order valence-electron chi connectivity index (χ3n) is 4.52. The number of nitrogens with zero attached hydrogens (tertiary/aromatic N) is 1. The van der Waals surface area contributed by atoms with Gasteiger partial charge in [-0.2, -0.15) is 0 Å². The predicted molar refractivity (Wildman–Crippen MR) is 110 cm³/mol. The summed E-state index contributed by atoms with van der Waals surface area (Å²) in [5.41, 5.74) is 1.71. The number of rotatable bonds is 8. The fourth-order valence-electron chi connectivity index (χ4n) is 2.94. The summed E-state index contributed by atoms with van der Waals surface area (Å²) in [6.07, 6.45) is 3.58. The number of carbonyl (C=O) groups is 2. The summed E-state index contributed by atoms with van der Waals surface area (Å²) in [4.78, 5) is 32.3. The average Bonchev–Trinajstić information content (AvgIpc) is 3.12. The van der Waals surface area contributed by atoms with Crippen molar-refractivity contribution in [2.75, 3.05) is 6.54 Å². The van der Waals surface area contributed by atoms with E-state index >= 15 is 0 Å². The zero-order valence-electron chi connectivity index (χ0n) is 16.0. The van der Waals surface area contributed by atoms with Crippen molar-refractivity contribution in [3.63, 3.8) is 0 Å². The van der Waals surface area contributed by atoms with Crippen molar-refractivity contribution in [1.29, 1.82) is 0 Å². The third-order valence-corrected chi connectivity index (χ3v) is 4.73. The molecule has 0 aliphatic rings. The summed E-state index contributed by atoms with van der Waals surface area (Å²) in [5.74, 6) is -1.06. The van der Waals surface area contributed by atoms with Crippen molar-refractivity contribution in [2.24, 2.45) is 0 Å². The Balaban J connectivity index is 1.77. The maximum atomic E-state index is 13.2. The molecule has 1 atom stereocenters. The van der Waals surface area contributed by atoms with Gasteiger partial charge in [-0.25, -0.2) is 9.37 Å². The Labute approximate surface area is 172 Å². The highest BCUT2D eigenvalue weighted by Crippen LogP contribution is 2.18. The van der Waals surface area contributed by atoms with Gasteiger partial charge in [0, 0.05) is 18.4 Å². The highest BCUT2D eigenvalue weighted by molar-refractivity contribution is 6.30. The number of aromatic nitrogens is 2. The van der Waals surface area contributed by atoms with Crippen LogP contribution in [0.4, 0.5) is 4.39 Å². The number of unbranched alkanes of at least 4 members (excludes halogenated alkanes) is 1. The van der Waals surface area contributed by atoms with Gasteiger partial charge in [0.25, 0.3) is 5.91 Å². The van der Waals surface area contributed by atoms with Gasteiger partial charge in [0.1, 0.15) is 22.7 Å². The van der Waals surface area contributed by atoms with Gasteiger partial charge in [0.2, 0.25) is 5.91 Å². The monoisotopic (exact) mass is 416 g/mol. The molecule has 3 aromatic rings. The topological polar surface area (TPSA) is 86.9 Å². The minimum absolute atomic E-state index is 0.248. The molecule has 2 heterocycles. The van der Waals surface area contributed by atoms with Crippen LogP contribution in [0.2, 0.25) is 5.15 Å². The fraction of sp³-hybridized carbons (Fsp3) is 0.286. The number of amides is 2. The van der Waals surface area contributed by atoms with Crippen LogP contribution < -0.4 is 10.6 Å². The number of fused-ring (bicyclic) bond motifs is 1. The zero-order chi connectivity index (χ0) is 20.8. The molecule has 3 rings (SSSR count). The Morgan fingerprint density at radius 1 is 1.24 bits per heavy atom. The second-order valence-electron chi connectivity index (χ2n) is 6.78. The summed E-state index contributed by atoms with van der Waals surface area (Å²) in [5, 5.41) is 6.68. The number of pyridine rings is 1. The van der Waals surface area contributed by atoms with Crippen LogP contribution in [0.3, 0.4) is 0 Å². The molecule has 8 heteroatoms. The maximum Gasteiger partial charge on any atom is 0.268 e. The number of halogens is 2. The Kier molecular flexibility index (Phi) is 6.82. The van der Waals surface area contributed by atoms with E-state index in [9.17, 15) is 14.0 Å². The fourth-order valence-corrected chi connectivity index (χ4v) is 3.11. The van der Waals surface area contributed by atoms with Crippen molar-refractivity contribution < 1.29 is 14.0 Å². The number of aromatic amines is 1. The second kappa shape index (κ2) is 9.52. The van der Waals surface area contributed by atoms with Crippen LogP contribution in [-0.2, 0) is 11.2 Å². The maximum absolute atomic E-state index is 13.2. The van der Waals surface area contributed by atoms with Crippen LogP contribution in [0.5, 0.6) is 0 Å². The molecule has 6 nitrogen and oxygen atoms in total. The van der Waals surface area contributed by atoms with Crippen molar-refractivity contribution in [3.8, 4) is 0 Å². The first-order valence-electron chi connectivity index (χ1n) is 9.43. The van der Waals surface area contributed by atoms with Crippen LogP contribution in [0.25, 0.3) is 10.9 Å². The number of nitrogens with one attached hydrogen (secondary N) is 3. The van der Waals surface area contributed by atoms with Gasteiger partial charge in [0.15, 0.2) is 0 Å². The first kappa shape index (κ1) is 20.8. The van der Waals surface area contributed by atoms with Crippen LogP contribution in [0.1, 0.15) is 35.8 Å². The lowest BCUT2D eigenvalue weighted by Crippen LogP contribution is -2.48. The molecule has 152 valence electrons. The Morgan fingerprint density at radius 2 is 2.00 bits per heavy atom. The van der Waals surface area contributed by atoms with Crippen molar-refractivity contribution >= 4 is 34.3 Å². The Bertz CT molecular complexity index is 1000. The van der Waals surface area contributed by atoms with Gasteiger partial charge < -0.3 is 15.6 Å². The minimum Gasteiger partial charge on any atom is -0.354 e. The molecule has 2 aromatic heterocycles. The third kappa shape index (κ3) is 5.54. The van der Waals surface area contributed by atoms with Crippen LogP contribution in [0, 0.1) is 5.82 Å². The van der Waals surface area contributed by atoms with E-state index in [4.69, 9.17) is 11.6 Å². The van der Waals surface area contributed by atoms with Gasteiger partial charge in [-0.1, -0.05) is 37.1 Å². The molecular weight excluding hydrogens is 395 g/mol. The van der Waals surface area contributed by atoms with Gasteiger partial charge >= 0.3 is 0 Å². The largest absolute Gasteiger partial charge is 0.354 e. The summed E-state index contributed by atoms with van der Waals surface area (Å²) in [6, 6.07) is 8.38. The minimum atomic E-state index is -0.794. The molecule has 0 aliphatic carbocycles. The van der Waals surface area contributed by atoms with Crippen LogP contribution in [0.15, 0.2) is 42.6 Å². The summed E-state index contributed by atoms with van der Waals surface area (Å²) < 4.78 is 13.2. The van der Waals surface area contributed by atoms with E-state index in [1.165, 1.54) is 12.1 Å². The van der Waals surface area contributed by atoms with Crippen molar-refractivity contribution in [3.05, 3.63) is 64.8 Å². The molecule has 0 bridgehead atoms. The lowest BCUT2D eigenvalue weighted by atomic mass is 10.0. The summed E-state index contributed by atoms with van der Waals surface area (Å²) in [6.45, 7) is 2.56. The summed E-state index contributed by atoms with van der Waals surface area (Å²) >= 11 is 5.89. The molecule has 0 spiro atoms. The van der Waals surface area contributed by atoms with E-state index in [2.05, 4.69) is 20.6 Å². The molecule has 0 saturated heterocycles. The predicted octanol–water partition coefficient (Wildman–Crippen LogP) is 3.61. The average molecular weight is 417 g/mol. The second-order valence-corrected chi connectivity index (χ2v) is 7.17. The molecule has 2 amide bonds. The normalized spacial score (nSPS) is 12.0. The van der Waals surface area contributed by atoms with Crippen molar-refractivity contribution in [2.45, 2.75) is 32.2 Å². The summed E-state index contributed by atoms with van der Waals surface area (Å²) in [7, 11) is 0. The highest BCUT2D eigenvalue weighted by Gasteiger charge is 2.22. The molecule has 29 heavy (non-hydrogen) atoms. The first-order chi connectivity index (χ1) is 14.0. The van der Waals surface area contributed by atoms with Gasteiger partial charge in [-0.15, -0.1) is 0 Å². The number of hydrogen-bond acceptors (Lipinski definition) is 3. The molecule has 0 saturated carbocycles. The lowest BCUT2D eigenvalue weighted by Gasteiger charge is -2.18. The highest BCUT2D eigenvalue weighted by atomic mass is 35.5. The molecule has 0 radical (unpaired) electrons. The molecule has 1 aromatic carbocycles. The number of H-pyrrole nitrogens is 1. The quantitative estimate of drug-likeness (QED) is 0.387. The Hall–Kier alpha value is -2.93. The van der Waals surface area contributed by atoms with E-state index in [-0.39, 0.29) is 18.1 Å². The SMILES string of the molecule is CCCCNC(=O)[C@H](Cc1ccc(F)cc1)NC(=O)c1cc2cc(Cl)ncc2[nH]1. The lowest BCUT2D eigenvalue weighted by molar-refractivity contribution is -0.122. The molecule has 0 aliphatic heterocycles. The zero-order valence-corrected chi connectivity index (χ0v) is 16.7. The van der Waals surface area contributed by atoms with E-state index in [0.29, 0.717) is 22.9 Å². The molecule has 0 unspecified atom stereocenters.